The first-order valence-electron chi connectivity index (χ1n) is 11.6. The van der Waals surface area contributed by atoms with E-state index in [2.05, 4.69) is 26.1 Å². The molecule has 2 aliphatic carbocycles. The van der Waals surface area contributed by atoms with E-state index in [9.17, 15) is 9.59 Å². The normalized spacial score (nSPS) is 21.9. The molecule has 3 fully saturated rings. The minimum atomic E-state index is -0.119. The standard InChI is InChI=1S/C21H34N6O2S/c28-19(22-16-9-5-2-6-10-16)23-17-11-13-27(14-12-17)21(29)24-20-26-25-18(30-20)15-7-3-1-4-8-15/h15-17H,1-14H2,(H2,22,23,28)(H,24,26,29). The Balaban J connectivity index is 1.18. The Labute approximate surface area is 182 Å². The van der Waals surface area contributed by atoms with Crippen LogP contribution in [0.25, 0.3) is 0 Å². The zero-order valence-electron chi connectivity index (χ0n) is 17.7. The summed E-state index contributed by atoms with van der Waals surface area (Å²) in [5.74, 6) is 0.503. The summed E-state index contributed by atoms with van der Waals surface area (Å²) in [7, 11) is 0. The summed E-state index contributed by atoms with van der Waals surface area (Å²) in [6, 6.07) is 0.257. The molecule has 3 aliphatic rings. The van der Waals surface area contributed by atoms with Gasteiger partial charge in [0.05, 0.1) is 0 Å². The van der Waals surface area contributed by atoms with Gasteiger partial charge in [0.1, 0.15) is 5.01 Å². The van der Waals surface area contributed by atoms with Crippen LogP contribution in [0.4, 0.5) is 14.7 Å². The Morgan fingerprint density at radius 3 is 2.07 bits per heavy atom. The van der Waals surface area contributed by atoms with Gasteiger partial charge in [-0.15, -0.1) is 10.2 Å². The largest absolute Gasteiger partial charge is 0.335 e. The number of carbonyl (C=O) groups is 2. The molecule has 30 heavy (non-hydrogen) atoms. The lowest BCUT2D eigenvalue weighted by atomic mass is 9.90. The van der Waals surface area contributed by atoms with Crippen LogP contribution in [0.3, 0.4) is 0 Å². The van der Waals surface area contributed by atoms with Gasteiger partial charge in [-0.3, -0.25) is 5.32 Å². The molecule has 0 bridgehead atoms. The van der Waals surface area contributed by atoms with Crippen LogP contribution in [0, 0.1) is 0 Å². The van der Waals surface area contributed by atoms with Gasteiger partial charge in [-0.05, 0) is 38.5 Å². The monoisotopic (exact) mass is 434 g/mol. The minimum absolute atomic E-state index is 0.0612. The van der Waals surface area contributed by atoms with Crippen LogP contribution < -0.4 is 16.0 Å². The Morgan fingerprint density at radius 2 is 1.40 bits per heavy atom. The second-order valence-electron chi connectivity index (χ2n) is 8.92. The van der Waals surface area contributed by atoms with E-state index in [4.69, 9.17) is 0 Å². The summed E-state index contributed by atoms with van der Waals surface area (Å²) in [6.45, 7) is 1.27. The van der Waals surface area contributed by atoms with Crippen molar-refractivity contribution in [2.24, 2.45) is 0 Å². The first-order valence-corrected chi connectivity index (χ1v) is 12.5. The number of urea groups is 2. The number of piperidine rings is 1. The van der Waals surface area contributed by atoms with Crippen molar-refractivity contribution < 1.29 is 9.59 Å². The topological polar surface area (TPSA) is 99.2 Å². The predicted molar refractivity (Wildman–Crippen MR) is 118 cm³/mol. The molecule has 166 valence electrons. The summed E-state index contributed by atoms with van der Waals surface area (Å²) in [6.07, 6.45) is 13.6. The van der Waals surface area contributed by atoms with Crippen LogP contribution in [0.1, 0.15) is 88.0 Å². The van der Waals surface area contributed by atoms with E-state index in [-0.39, 0.29) is 18.1 Å². The van der Waals surface area contributed by atoms with Crippen molar-refractivity contribution in [2.75, 3.05) is 18.4 Å². The van der Waals surface area contributed by atoms with Crippen molar-refractivity contribution in [3.8, 4) is 0 Å². The summed E-state index contributed by atoms with van der Waals surface area (Å²) in [5, 5.41) is 19.2. The van der Waals surface area contributed by atoms with Gasteiger partial charge in [0.25, 0.3) is 0 Å². The van der Waals surface area contributed by atoms with Gasteiger partial charge in [-0.25, -0.2) is 9.59 Å². The number of anilines is 1. The molecule has 9 heteroatoms. The molecule has 0 atom stereocenters. The third-order valence-electron chi connectivity index (χ3n) is 6.67. The van der Waals surface area contributed by atoms with Gasteiger partial charge in [0.15, 0.2) is 0 Å². The molecule has 1 aliphatic heterocycles. The molecular formula is C21H34N6O2S. The highest BCUT2D eigenvalue weighted by atomic mass is 32.1. The molecule has 4 amide bonds. The predicted octanol–water partition coefficient (Wildman–Crippen LogP) is 4.21. The van der Waals surface area contributed by atoms with Crippen molar-refractivity contribution in [3.05, 3.63) is 5.01 Å². The molecule has 0 radical (unpaired) electrons. The number of carbonyl (C=O) groups excluding carboxylic acids is 2. The second-order valence-corrected chi connectivity index (χ2v) is 9.93. The molecule has 0 unspecified atom stereocenters. The SMILES string of the molecule is O=C(NC1CCCCC1)NC1CCN(C(=O)Nc2nnc(C3CCCCC3)s2)CC1. The molecule has 8 nitrogen and oxygen atoms in total. The van der Waals surface area contributed by atoms with Crippen molar-refractivity contribution in [2.45, 2.75) is 95.1 Å². The van der Waals surface area contributed by atoms with E-state index in [1.807, 2.05) is 0 Å². The lowest BCUT2D eigenvalue weighted by Crippen LogP contribution is -2.51. The first-order chi connectivity index (χ1) is 14.7. The molecule has 4 rings (SSSR count). The summed E-state index contributed by atoms with van der Waals surface area (Å²) < 4.78 is 0. The molecule has 1 aromatic rings. The van der Waals surface area contributed by atoms with Crippen LogP contribution in [0.15, 0.2) is 0 Å². The number of hydrogen-bond donors (Lipinski definition) is 3. The first kappa shape index (κ1) is 21.3. The zero-order chi connectivity index (χ0) is 20.8. The minimum Gasteiger partial charge on any atom is -0.335 e. The number of likely N-dealkylation sites (tertiary alicyclic amines) is 1. The third kappa shape index (κ3) is 5.83. The fourth-order valence-corrected chi connectivity index (χ4v) is 5.76. The Hall–Kier alpha value is -1.90. The van der Waals surface area contributed by atoms with Gasteiger partial charge >= 0.3 is 12.1 Å². The maximum Gasteiger partial charge on any atom is 0.323 e. The fraction of sp³-hybridized carbons (Fsp3) is 0.810. The fourth-order valence-electron chi connectivity index (χ4n) is 4.86. The zero-order valence-corrected chi connectivity index (χ0v) is 18.5. The maximum atomic E-state index is 12.6. The Kier molecular flexibility index (Phi) is 7.41. The summed E-state index contributed by atoms with van der Waals surface area (Å²) in [5.41, 5.74) is 0. The van der Waals surface area contributed by atoms with E-state index in [0.29, 0.717) is 30.2 Å². The van der Waals surface area contributed by atoms with Crippen LogP contribution in [-0.2, 0) is 0 Å². The van der Waals surface area contributed by atoms with Gasteiger partial charge < -0.3 is 15.5 Å². The highest BCUT2D eigenvalue weighted by Gasteiger charge is 2.26. The number of hydrogen-bond acceptors (Lipinski definition) is 5. The number of nitrogens with zero attached hydrogens (tertiary/aromatic N) is 3. The lowest BCUT2D eigenvalue weighted by molar-refractivity contribution is 0.186. The molecule has 3 N–H and O–H groups in total. The molecule has 0 aromatic carbocycles. The number of aromatic nitrogens is 2. The van der Waals surface area contributed by atoms with E-state index in [0.717, 1.165) is 30.7 Å². The summed E-state index contributed by atoms with van der Waals surface area (Å²) >= 11 is 1.51. The van der Waals surface area contributed by atoms with Crippen molar-refractivity contribution in [1.82, 2.24) is 25.7 Å². The molecule has 2 heterocycles. The van der Waals surface area contributed by atoms with E-state index in [1.165, 1.54) is 62.7 Å². The smallest absolute Gasteiger partial charge is 0.323 e. The lowest BCUT2D eigenvalue weighted by Gasteiger charge is -2.32. The van der Waals surface area contributed by atoms with Crippen LogP contribution >= 0.6 is 11.3 Å². The van der Waals surface area contributed by atoms with Crippen molar-refractivity contribution >= 4 is 28.5 Å². The van der Waals surface area contributed by atoms with Gasteiger partial charge in [0, 0.05) is 31.1 Å². The molecular weight excluding hydrogens is 400 g/mol. The van der Waals surface area contributed by atoms with E-state index in [1.54, 1.807) is 4.90 Å². The van der Waals surface area contributed by atoms with Gasteiger partial charge in [-0.1, -0.05) is 49.9 Å². The summed E-state index contributed by atoms with van der Waals surface area (Å²) in [4.78, 5) is 26.6. The number of amides is 4. The average Bonchev–Trinajstić information content (AvgIpc) is 3.24. The van der Waals surface area contributed by atoms with E-state index >= 15 is 0 Å². The molecule has 2 saturated carbocycles. The van der Waals surface area contributed by atoms with Crippen molar-refractivity contribution in [3.63, 3.8) is 0 Å². The Bertz CT molecular complexity index is 706. The number of nitrogens with one attached hydrogen (secondary N) is 3. The molecule has 0 spiro atoms. The van der Waals surface area contributed by atoms with Gasteiger partial charge in [0.2, 0.25) is 5.13 Å². The highest BCUT2D eigenvalue weighted by Crippen LogP contribution is 2.35. The van der Waals surface area contributed by atoms with E-state index < -0.39 is 0 Å². The van der Waals surface area contributed by atoms with Crippen molar-refractivity contribution in [1.29, 1.82) is 0 Å². The quantitative estimate of drug-likeness (QED) is 0.661. The Morgan fingerprint density at radius 1 is 0.800 bits per heavy atom. The molecule has 1 saturated heterocycles. The van der Waals surface area contributed by atoms with Crippen LogP contribution in [0.2, 0.25) is 0 Å². The third-order valence-corrected chi connectivity index (χ3v) is 7.67. The second kappa shape index (κ2) is 10.4. The highest BCUT2D eigenvalue weighted by molar-refractivity contribution is 7.15. The van der Waals surface area contributed by atoms with Gasteiger partial charge in [-0.2, -0.15) is 0 Å². The maximum absolute atomic E-state index is 12.6. The molecule has 1 aromatic heterocycles. The van der Waals surface area contributed by atoms with Crippen LogP contribution in [-0.4, -0.2) is 52.3 Å². The average molecular weight is 435 g/mol. The van der Waals surface area contributed by atoms with Crippen LogP contribution in [0.5, 0.6) is 0 Å². The number of rotatable bonds is 4.